The minimum Gasteiger partial charge on any atom is -0.425 e. The van der Waals surface area contributed by atoms with Crippen LogP contribution in [0.15, 0.2) is 24.3 Å². The molecule has 2 fully saturated rings. The van der Waals surface area contributed by atoms with E-state index in [1.165, 1.54) is 47.5 Å². The van der Waals surface area contributed by atoms with Gasteiger partial charge in [0.2, 0.25) is 0 Å². The average molecular weight is 358 g/mol. The number of ether oxygens (including phenoxy) is 1. The minimum absolute atomic E-state index is 0.202. The number of amides is 2. The molecule has 1 aromatic rings. The van der Waals surface area contributed by atoms with Crippen molar-refractivity contribution in [2.45, 2.75) is 44.9 Å². The van der Waals surface area contributed by atoms with E-state index < -0.39 is 17.8 Å². The van der Waals surface area contributed by atoms with Crippen LogP contribution in [0.1, 0.15) is 50.5 Å². The summed E-state index contributed by atoms with van der Waals surface area (Å²) < 4.78 is 5.34. The van der Waals surface area contributed by atoms with Crippen molar-refractivity contribution in [1.29, 1.82) is 0 Å². The first kappa shape index (κ1) is 18.4. The van der Waals surface area contributed by atoms with Gasteiger partial charge in [-0.25, -0.2) is 4.79 Å². The lowest BCUT2D eigenvalue weighted by atomic mass is 9.84. The first-order valence-corrected chi connectivity index (χ1v) is 9.47. The van der Waals surface area contributed by atoms with E-state index in [2.05, 4.69) is 0 Å². The van der Waals surface area contributed by atoms with E-state index in [0.29, 0.717) is 31.3 Å². The molecule has 1 aliphatic heterocycles. The summed E-state index contributed by atoms with van der Waals surface area (Å²) in [5, 5.41) is 0. The van der Waals surface area contributed by atoms with Gasteiger partial charge in [0.15, 0.2) is 0 Å². The molecular formula is C20H26N2O4. The molecule has 0 bridgehead atoms. The van der Waals surface area contributed by atoms with E-state index in [4.69, 9.17) is 4.74 Å². The summed E-state index contributed by atoms with van der Waals surface area (Å²) in [4.78, 5) is 38.8. The quantitative estimate of drug-likeness (QED) is 0.460. The number of esters is 1. The smallest absolute Gasteiger partial charge is 0.331 e. The summed E-state index contributed by atoms with van der Waals surface area (Å²) >= 11 is 0. The zero-order valence-electron chi connectivity index (χ0n) is 15.3. The maximum absolute atomic E-state index is 12.1. The van der Waals surface area contributed by atoms with E-state index in [1.807, 2.05) is 31.2 Å². The van der Waals surface area contributed by atoms with Crippen molar-refractivity contribution in [3.8, 4) is 5.75 Å². The van der Waals surface area contributed by atoms with Crippen LogP contribution in [-0.4, -0.2) is 53.8 Å². The van der Waals surface area contributed by atoms with Gasteiger partial charge >= 0.3 is 17.8 Å². The number of carbonyl (C=O) groups excluding carboxylic acids is 3. The summed E-state index contributed by atoms with van der Waals surface area (Å²) in [5.74, 6) is -0.639. The standard InChI is InChI=1S/C20H26N2O4/c1-2-21-12-13-22(20(25)19(21)24)14-18(23)26-17-10-8-16(9-11-17)15-6-4-3-5-7-15/h8-11,15H,2-7,12-14H2,1H3. The molecule has 3 rings (SSSR count). The predicted octanol–water partition coefficient (Wildman–Crippen LogP) is 2.33. The van der Waals surface area contributed by atoms with Gasteiger partial charge in [0.1, 0.15) is 12.3 Å². The molecular weight excluding hydrogens is 332 g/mol. The molecule has 0 atom stereocenters. The van der Waals surface area contributed by atoms with Gasteiger partial charge in [0.05, 0.1) is 0 Å². The van der Waals surface area contributed by atoms with E-state index in [1.54, 1.807) is 0 Å². The number of hydrogen-bond acceptors (Lipinski definition) is 4. The highest BCUT2D eigenvalue weighted by Gasteiger charge is 2.32. The van der Waals surface area contributed by atoms with Crippen LogP contribution in [0.3, 0.4) is 0 Å². The van der Waals surface area contributed by atoms with Gasteiger partial charge < -0.3 is 14.5 Å². The Morgan fingerprint density at radius 3 is 2.27 bits per heavy atom. The van der Waals surface area contributed by atoms with Gasteiger partial charge in [-0.15, -0.1) is 0 Å². The fraction of sp³-hybridized carbons (Fsp3) is 0.550. The van der Waals surface area contributed by atoms with Crippen LogP contribution in [0.25, 0.3) is 0 Å². The number of nitrogens with zero attached hydrogens (tertiary/aromatic N) is 2. The highest BCUT2D eigenvalue weighted by atomic mass is 16.5. The van der Waals surface area contributed by atoms with Gasteiger partial charge in [-0.05, 0) is 43.4 Å². The second-order valence-corrected chi connectivity index (χ2v) is 6.99. The van der Waals surface area contributed by atoms with E-state index >= 15 is 0 Å². The second-order valence-electron chi connectivity index (χ2n) is 6.99. The molecule has 6 nitrogen and oxygen atoms in total. The first-order chi connectivity index (χ1) is 12.6. The monoisotopic (exact) mass is 358 g/mol. The topological polar surface area (TPSA) is 66.9 Å². The van der Waals surface area contributed by atoms with Crippen LogP contribution in [0.2, 0.25) is 0 Å². The molecule has 0 aromatic heterocycles. The summed E-state index contributed by atoms with van der Waals surface area (Å²) in [7, 11) is 0. The molecule has 26 heavy (non-hydrogen) atoms. The summed E-state index contributed by atoms with van der Waals surface area (Å²) in [6, 6.07) is 7.66. The van der Waals surface area contributed by atoms with Crippen molar-refractivity contribution in [3.05, 3.63) is 29.8 Å². The Hall–Kier alpha value is -2.37. The summed E-state index contributed by atoms with van der Waals surface area (Å²) in [6.07, 6.45) is 6.32. The molecule has 1 saturated carbocycles. The van der Waals surface area contributed by atoms with E-state index in [0.717, 1.165) is 0 Å². The maximum Gasteiger partial charge on any atom is 0.331 e. The lowest BCUT2D eigenvalue weighted by Crippen LogP contribution is -2.55. The number of benzene rings is 1. The van der Waals surface area contributed by atoms with Crippen molar-refractivity contribution >= 4 is 17.8 Å². The van der Waals surface area contributed by atoms with Gasteiger partial charge in [0.25, 0.3) is 0 Å². The molecule has 1 saturated heterocycles. The third-order valence-electron chi connectivity index (χ3n) is 5.29. The van der Waals surface area contributed by atoms with Crippen LogP contribution in [0.4, 0.5) is 0 Å². The SMILES string of the molecule is CCN1CCN(CC(=O)Oc2ccc(C3CCCCC3)cc2)C(=O)C1=O. The van der Waals surface area contributed by atoms with Crippen LogP contribution in [-0.2, 0) is 14.4 Å². The molecule has 0 unspecified atom stereocenters. The molecule has 0 radical (unpaired) electrons. The molecule has 6 heteroatoms. The molecule has 1 aliphatic carbocycles. The van der Waals surface area contributed by atoms with Gasteiger partial charge in [-0.2, -0.15) is 0 Å². The van der Waals surface area contributed by atoms with Gasteiger partial charge in [0, 0.05) is 19.6 Å². The zero-order chi connectivity index (χ0) is 18.5. The highest BCUT2D eigenvalue weighted by molar-refractivity contribution is 6.35. The normalized spacial score (nSPS) is 19.0. The molecule has 0 spiro atoms. The second kappa shape index (κ2) is 8.34. The zero-order valence-corrected chi connectivity index (χ0v) is 15.3. The van der Waals surface area contributed by atoms with Crippen molar-refractivity contribution in [2.24, 2.45) is 0 Å². The number of carbonyl (C=O) groups is 3. The Kier molecular flexibility index (Phi) is 5.91. The fourth-order valence-electron chi connectivity index (χ4n) is 3.73. The Bertz CT molecular complexity index is 665. The van der Waals surface area contributed by atoms with Crippen molar-refractivity contribution < 1.29 is 19.1 Å². The number of piperazine rings is 1. The summed E-state index contributed by atoms with van der Waals surface area (Å²) in [5.41, 5.74) is 1.29. The van der Waals surface area contributed by atoms with Crippen LogP contribution in [0, 0.1) is 0 Å². The Labute approximate surface area is 154 Å². The lowest BCUT2D eigenvalue weighted by molar-refractivity contribution is -0.158. The highest BCUT2D eigenvalue weighted by Crippen LogP contribution is 2.33. The Morgan fingerprint density at radius 2 is 1.62 bits per heavy atom. The molecule has 2 amide bonds. The van der Waals surface area contributed by atoms with E-state index in [9.17, 15) is 14.4 Å². The predicted molar refractivity (Wildman–Crippen MR) is 96.7 cm³/mol. The van der Waals surface area contributed by atoms with Crippen LogP contribution >= 0.6 is 0 Å². The number of hydrogen-bond donors (Lipinski definition) is 0. The lowest BCUT2D eigenvalue weighted by Gasteiger charge is -2.32. The van der Waals surface area contributed by atoms with Crippen molar-refractivity contribution in [3.63, 3.8) is 0 Å². The Balaban J connectivity index is 1.53. The molecule has 0 N–H and O–H groups in total. The van der Waals surface area contributed by atoms with Crippen LogP contribution < -0.4 is 4.74 Å². The Morgan fingerprint density at radius 1 is 1.00 bits per heavy atom. The van der Waals surface area contributed by atoms with Crippen molar-refractivity contribution in [2.75, 3.05) is 26.2 Å². The molecule has 1 heterocycles. The summed E-state index contributed by atoms with van der Waals surface area (Å²) in [6.45, 7) is 2.92. The molecule has 140 valence electrons. The van der Waals surface area contributed by atoms with Gasteiger partial charge in [-0.3, -0.25) is 9.59 Å². The van der Waals surface area contributed by atoms with Crippen molar-refractivity contribution in [1.82, 2.24) is 9.80 Å². The fourth-order valence-corrected chi connectivity index (χ4v) is 3.73. The average Bonchev–Trinajstić information content (AvgIpc) is 2.67. The third-order valence-corrected chi connectivity index (χ3v) is 5.29. The van der Waals surface area contributed by atoms with E-state index in [-0.39, 0.29) is 6.54 Å². The first-order valence-electron chi connectivity index (χ1n) is 9.47. The number of rotatable bonds is 5. The maximum atomic E-state index is 12.1. The molecule has 2 aliphatic rings. The van der Waals surface area contributed by atoms with Gasteiger partial charge in [-0.1, -0.05) is 31.4 Å². The number of likely N-dealkylation sites (N-methyl/N-ethyl adjacent to an activating group) is 1. The largest absolute Gasteiger partial charge is 0.425 e. The van der Waals surface area contributed by atoms with Crippen LogP contribution in [0.5, 0.6) is 5.75 Å². The molecule has 1 aromatic carbocycles. The third kappa shape index (κ3) is 4.23. The minimum atomic E-state index is -0.636.